The number of piperidine rings is 1. The largest absolute Gasteiger partial charge is 0.469 e. The van der Waals surface area contributed by atoms with Gasteiger partial charge >= 0.3 is 18.3 Å². The lowest BCUT2D eigenvalue weighted by Crippen LogP contribution is -2.37. The normalized spacial score (nSPS) is 18.8. The number of esters is 1. The van der Waals surface area contributed by atoms with Crippen LogP contribution in [-0.4, -0.2) is 24.5 Å². The number of hydrogen-bond acceptors (Lipinski definition) is 3. The zero-order valence-corrected chi connectivity index (χ0v) is 21.6. The van der Waals surface area contributed by atoms with E-state index in [1.165, 1.54) is 37.8 Å². The van der Waals surface area contributed by atoms with Crippen LogP contribution in [0, 0.1) is 11.8 Å². The van der Waals surface area contributed by atoms with Crippen LogP contribution < -0.4 is 0 Å². The molecule has 3 nitrogen and oxygen atoms in total. The summed E-state index contributed by atoms with van der Waals surface area (Å²) in [6, 6.07) is 9.48. The maximum absolute atomic E-state index is 12.9. The van der Waals surface area contributed by atoms with Gasteiger partial charge in [-0.25, -0.2) is 0 Å². The van der Waals surface area contributed by atoms with Crippen molar-refractivity contribution in [2.45, 2.75) is 71.4 Å². The van der Waals surface area contributed by atoms with Gasteiger partial charge in [-0.15, -0.1) is 0 Å². The van der Waals surface area contributed by atoms with Gasteiger partial charge < -0.3 is 4.74 Å². The van der Waals surface area contributed by atoms with E-state index in [1.54, 1.807) is 0 Å². The molecule has 206 valence electrons. The third-order valence-corrected chi connectivity index (χ3v) is 6.61. The summed E-state index contributed by atoms with van der Waals surface area (Å²) in [7, 11) is 1.30. The number of rotatable bonds is 6. The molecule has 0 aliphatic carbocycles. The maximum Gasteiger partial charge on any atom is 0.416 e. The smallest absolute Gasteiger partial charge is 0.416 e. The second-order valence-corrected chi connectivity index (χ2v) is 9.77. The molecule has 2 aromatic rings. The molecular weight excluding hydrogens is 496 g/mol. The number of benzene rings is 2. The molecule has 1 heterocycles. The average molecular weight is 532 g/mol. The van der Waals surface area contributed by atoms with Crippen molar-refractivity contribution >= 4 is 5.97 Å². The number of halogens is 6. The van der Waals surface area contributed by atoms with Crippen molar-refractivity contribution in [3.05, 3.63) is 70.8 Å². The SMILES string of the molecule is CCC(C)C.COC(=O)CC1CCN(Cc2ccc(C(F)(F)F)cc2)C(c2ccc(C(F)(F)F)cc2)C1. The van der Waals surface area contributed by atoms with Crippen molar-refractivity contribution in [3.8, 4) is 0 Å². The van der Waals surface area contributed by atoms with Crippen molar-refractivity contribution in [1.82, 2.24) is 4.90 Å². The first kappa shape index (κ1) is 30.7. The van der Waals surface area contributed by atoms with E-state index in [-0.39, 0.29) is 24.3 Å². The standard InChI is InChI=1S/C23H23F6NO2.C5H12/c1-32-21(31)13-16-10-11-30(14-15-2-6-18(7-3-15)22(24,25)26)20(12-16)17-4-8-19(9-5-17)23(27,28)29;1-4-5(2)3/h2-9,16,20H,10-14H2,1H3;5H,4H2,1-3H3. The summed E-state index contributed by atoms with van der Waals surface area (Å²) in [5.74, 6) is 0.533. The molecule has 9 heteroatoms. The predicted octanol–water partition coefficient (Wildman–Crippen LogP) is 8.29. The highest BCUT2D eigenvalue weighted by Gasteiger charge is 2.34. The second-order valence-electron chi connectivity index (χ2n) is 9.77. The highest BCUT2D eigenvalue weighted by molar-refractivity contribution is 5.69. The van der Waals surface area contributed by atoms with E-state index in [9.17, 15) is 31.1 Å². The molecule has 1 fully saturated rings. The van der Waals surface area contributed by atoms with E-state index in [4.69, 9.17) is 4.74 Å². The van der Waals surface area contributed by atoms with Gasteiger partial charge in [0.05, 0.1) is 18.2 Å². The van der Waals surface area contributed by atoms with Gasteiger partial charge in [0.2, 0.25) is 0 Å². The Bertz CT molecular complexity index is 968. The second kappa shape index (κ2) is 13.3. The number of alkyl halides is 6. The van der Waals surface area contributed by atoms with Gasteiger partial charge in [0, 0.05) is 19.0 Å². The van der Waals surface area contributed by atoms with Crippen LogP contribution >= 0.6 is 0 Å². The molecule has 3 rings (SSSR count). The van der Waals surface area contributed by atoms with Crippen molar-refractivity contribution in [1.29, 1.82) is 0 Å². The number of ether oxygens (including phenoxy) is 1. The van der Waals surface area contributed by atoms with E-state index in [1.807, 2.05) is 4.90 Å². The molecular formula is C28H35F6NO2. The molecule has 2 atom stereocenters. The highest BCUT2D eigenvalue weighted by Crippen LogP contribution is 2.38. The third-order valence-electron chi connectivity index (χ3n) is 6.61. The van der Waals surface area contributed by atoms with Crippen LogP contribution in [0.1, 0.15) is 74.8 Å². The minimum atomic E-state index is -4.45. The van der Waals surface area contributed by atoms with Gasteiger partial charge in [-0.05, 0) is 66.6 Å². The Hall–Kier alpha value is -2.55. The van der Waals surface area contributed by atoms with Gasteiger partial charge in [0.25, 0.3) is 0 Å². The fourth-order valence-electron chi connectivity index (χ4n) is 4.06. The van der Waals surface area contributed by atoms with E-state index in [2.05, 4.69) is 20.8 Å². The van der Waals surface area contributed by atoms with Crippen molar-refractivity contribution < 1.29 is 35.9 Å². The van der Waals surface area contributed by atoms with Crippen LogP contribution in [0.15, 0.2) is 48.5 Å². The van der Waals surface area contributed by atoms with Crippen LogP contribution in [0.2, 0.25) is 0 Å². The zero-order chi connectivity index (χ0) is 27.8. The quantitative estimate of drug-likeness (QED) is 0.277. The Morgan fingerprint density at radius 3 is 1.86 bits per heavy atom. The van der Waals surface area contributed by atoms with E-state index < -0.39 is 23.5 Å². The summed E-state index contributed by atoms with van der Waals surface area (Å²) in [6.07, 6.45) is -6.15. The van der Waals surface area contributed by atoms with Crippen LogP contribution in [0.25, 0.3) is 0 Å². The maximum atomic E-state index is 12.9. The molecule has 37 heavy (non-hydrogen) atoms. The summed E-state index contributed by atoms with van der Waals surface area (Å²) < 4.78 is 82.1. The number of hydrogen-bond donors (Lipinski definition) is 0. The van der Waals surface area contributed by atoms with Gasteiger partial charge in [-0.2, -0.15) is 26.3 Å². The molecule has 0 saturated carbocycles. The summed E-state index contributed by atoms with van der Waals surface area (Å²) in [5, 5.41) is 0. The average Bonchev–Trinajstić information content (AvgIpc) is 2.84. The van der Waals surface area contributed by atoms with E-state index in [0.717, 1.165) is 30.2 Å². The number of likely N-dealkylation sites (tertiary alicyclic amines) is 1. The first-order valence-corrected chi connectivity index (χ1v) is 12.4. The molecule has 1 aliphatic heterocycles. The van der Waals surface area contributed by atoms with Crippen LogP contribution in [0.4, 0.5) is 26.3 Å². The molecule has 0 spiro atoms. The summed E-state index contributed by atoms with van der Waals surface area (Å²) >= 11 is 0. The minimum Gasteiger partial charge on any atom is -0.469 e. The third kappa shape index (κ3) is 9.68. The van der Waals surface area contributed by atoms with Gasteiger partial charge in [0.1, 0.15) is 0 Å². The van der Waals surface area contributed by atoms with E-state index >= 15 is 0 Å². The number of carbonyl (C=O) groups is 1. The number of carbonyl (C=O) groups excluding carboxylic acids is 1. The Kier molecular flexibility index (Phi) is 11.0. The monoisotopic (exact) mass is 531 g/mol. The highest BCUT2D eigenvalue weighted by atomic mass is 19.4. The van der Waals surface area contributed by atoms with Crippen LogP contribution in [-0.2, 0) is 28.4 Å². The minimum absolute atomic E-state index is 0.00130. The lowest BCUT2D eigenvalue weighted by atomic mass is 9.84. The molecule has 0 N–H and O–H groups in total. The molecule has 0 amide bonds. The Labute approximate surface area is 214 Å². The first-order chi connectivity index (χ1) is 17.2. The van der Waals surface area contributed by atoms with Gasteiger partial charge in [-0.3, -0.25) is 9.69 Å². The molecule has 0 aromatic heterocycles. The summed E-state index contributed by atoms with van der Waals surface area (Å²) in [5.41, 5.74) is -0.157. The molecule has 0 bridgehead atoms. The molecule has 0 radical (unpaired) electrons. The Balaban J connectivity index is 0.000000877. The van der Waals surface area contributed by atoms with Gasteiger partial charge in [0.15, 0.2) is 0 Å². The Morgan fingerprint density at radius 1 is 0.946 bits per heavy atom. The first-order valence-electron chi connectivity index (χ1n) is 12.4. The van der Waals surface area contributed by atoms with Crippen molar-refractivity contribution in [2.75, 3.05) is 13.7 Å². The lowest BCUT2D eigenvalue weighted by Gasteiger charge is -2.40. The van der Waals surface area contributed by atoms with E-state index in [0.29, 0.717) is 37.1 Å². The van der Waals surface area contributed by atoms with Crippen LogP contribution in [0.5, 0.6) is 0 Å². The predicted molar refractivity (Wildman–Crippen MR) is 131 cm³/mol. The Morgan fingerprint density at radius 2 is 1.43 bits per heavy atom. The zero-order valence-electron chi connectivity index (χ0n) is 21.6. The number of nitrogens with zero attached hydrogens (tertiary/aromatic N) is 1. The fraction of sp³-hybridized carbons (Fsp3) is 0.536. The lowest BCUT2D eigenvalue weighted by molar-refractivity contribution is -0.142. The molecule has 1 saturated heterocycles. The van der Waals surface area contributed by atoms with Crippen LogP contribution in [0.3, 0.4) is 0 Å². The van der Waals surface area contributed by atoms with Crippen molar-refractivity contribution in [2.24, 2.45) is 11.8 Å². The number of methoxy groups -OCH3 is 1. The molecule has 2 aromatic carbocycles. The van der Waals surface area contributed by atoms with Crippen molar-refractivity contribution in [3.63, 3.8) is 0 Å². The van der Waals surface area contributed by atoms with Gasteiger partial charge in [-0.1, -0.05) is 51.5 Å². The molecule has 1 aliphatic rings. The summed E-state index contributed by atoms with van der Waals surface area (Å²) in [4.78, 5) is 13.7. The topological polar surface area (TPSA) is 29.5 Å². The molecule has 2 unspecified atom stereocenters. The fourth-order valence-corrected chi connectivity index (χ4v) is 4.06. The summed E-state index contributed by atoms with van der Waals surface area (Å²) in [6.45, 7) is 7.54.